The number of carbonyl (C=O) groups is 1. The first-order valence-corrected chi connectivity index (χ1v) is 4.67. The van der Waals surface area contributed by atoms with E-state index in [0.717, 1.165) is 11.6 Å². The second-order valence-electron chi connectivity index (χ2n) is 2.23. The van der Waals surface area contributed by atoms with Gasteiger partial charge in [-0.3, -0.25) is 4.79 Å². The average molecular weight is 170 g/mol. The summed E-state index contributed by atoms with van der Waals surface area (Å²) in [4.78, 5) is 17.7. The summed E-state index contributed by atoms with van der Waals surface area (Å²) in [7, 11) is 0. The van der Waals surface area contributed by atoms with Crippen LogP contribution in [0.3, 0.4) is 0 Å². The minimum Gasteiger partial charge on any atom is -0.339 e. The molecule has 1 aromatic rings. The van der Waals surface area contributed by atoms with Crippen LogP contribution in [0.2, 0.25) is 0 Å². The molecule has 1 rings (SSSR count). The summed E-state index contributed by atoms with van der Waals surface area (Å²) in [5.74, 6) is 1.72. The molecule has 1 N–H and O–H groups in total. The van der Waals surface area contributed by atoms with Gasteiger partial charge in [-0.05, 0) is 6.26 Å². The maximum atomic E-state index is 10.8. The number of aromatic nitrogens is 2. The van der Waals surface area contributed by atoms with Crippen molar-refractivity contribution in [3.05, 3.63) is 17.7 Å². The Morgan fingerprint density at radius 3 is 3.00 bits per heavy atom. The Balaban J connectivity index is 2.73. The van der Waals surface area contributed by atoms with E-state index in [0.29, 0.717) is 5.69 Å². The zero-order valence-electron chi connectivity index (χ0n) is 6.55. The van der Waals surface area contributed by atoms with Gasteiger partial charge in [-0.1, -0.05) is 0 Å². The fourth-order valence-electron chi connectivity index (χ4n) is 0.751. The molecule has 0 aliphatic rings. The molecule has 0 unspecified atom stereocenters. The third-order valence-electron chi connectivity index (χ3n) is 1.29. The first-order valence-electron chi connectivity index (χ1n) is 3.28. The maximum Gasteiger partial charge on any atom is 0.177 e. The number of carbonyl (C=O) groups excluding carboxylic acids is 1. The molecule has 0 aromatic carbocycles. The lowest BCUT2D eigenvalue weighted by Crippen LogP contribution is -1.91. The Morgan fingerprint density at radius 1 is 1.82 bits per heavy atom. The van der Waals surface area contributed by atoms with E-state index in [1.165, 1.54) is 6.92 Å². The van der Waals surface area contributed by atoms with Gasteiger partial charge >= 0.3 is 0 Å². The van der Waals surface area contributed by atoms with Crippen LogP contribution >= 0.6 is 11.8 Å². The van der Waals surface area contributed by atoms with Gasteiger partial charge in [0.25, 0.3) is 0 Å². The lowest BCUT2D eigenvalue weighted by atomic mass is 10.3. The summed E-state index contributed by atoms with van der Waals surface area (Å²) in [5, 5.41) is 0. The fraction of sp³-hybridized carbons (Fsp3) is 0.429. The van der Waals surface area contributed by atoms with Crippen LogP contribution in [0.5, 0.6) is 0 Å². The van der Waals surface area contributed by atoms with E-state index in [9.17, 15) is 4.79 Å². The highest BCUT2D eigenvalue weighted by Gasteiger charge is 2.02. The van der Waals surface area contributed by atoms with Gasteiger partial charge < -0.3 is 4.98 Å². The van der Waals surface area contributed by atoms with E-state index >= 15 is 0 Å². The third kappa shape index (κ3) is 2.08. The number of Topliss-reactive ketones (excluding diaryl/α,β-unsaturated/α-hetero) is 1. The quantitative estimate of drug-likeness (QED) is 0.699. The van der Waals surface area contributed by atoms with Crippen molar-refractivity contribution in [3.8, 4) is 0 Å². The Hall–Kier alpha value is -0.770. The highest BCUT2D eigenvalue weighted by atomic mass is 32.2. The fourth-order valence-corrected chi connectivity index (χ4v) is 1.17. The summed E-state index contributed by atoms with van der Waals surface area (Å²) >= 11 is 1.67. The molecule has 0 aliphatic carbocycles. The van der Waals surface area contributed by atoms with Crippen LogP contribution < -0.4 is 0 Å². The summed E-state index contributed by atoms with van der Waals surface area (Å²) in [6.45, 7) is 1.52. The molecule has 0 aliphatic heterocycles. The number of nitrogens with one attached hydrogen (secondary N) is 1. The SMILES string of the molecule is CSCc1ncc(C(C)=O)[nH]1. The van der Waals surface area contributed by atoms with Crippen LogP contribution in [0.4, 0.5) is 0 Å². The summed E-state index contributed by atoms with van der Waals surface area (Å²) in [5.41, 5.74) is 0.592. The zero-order chi connectivity index (χ0) is 8.27. The molecule has 1 aromatic heterocycles. The van der Waals surface area contributed by atoms with Crippen molar-refractivity contribution in [1.29, 1.82) is 0 Å². The van der Waals surface area contributed by atoms with E-state index < -0.39 is 0 Å². The van der Waals surface area contributed by atoms with E-state index in [-0.39, 0.29) is 5.78 Å². The largest absolute Gasteiger partial charge is 0.339 e. The van der Waals surface area contributed by atoms with Crippen LogP contribution in [0.1, 0.15) is 23.2 Å². The van der Waals surface area contributed by atoms with Crippen LogP contribution in [-0.2, 0) is 5.75 Å². The van der Waals surface area contributed by atoms with Crippen molar-refractivity contribution < 1.29 is 4.79 Å². The molecule has 0 saturated heterocycles. The maximum absolute atomic E-state index is 10.8. The monoisotopic (exact) mass is 170 g/mol. The molecular weight excluding hydrogens is 160 g/mol. The number of aromatic amines is 1. The van der Waals surface area contributed by atoms with Gasteiger partial charge in [-0.25, -0.2) is 4.98 Å². The minimum absolute atomic E-state index is 0.0323. The Bertz CT molecular complexity index is 257. The molecule has 4 heteroatoms. The smallest absolute Gasteiger partial charge is 0.177 e. The van der Waals surface area contributed by atoms with Crippen molar-refractivity contribution in [2.24, 2.45) is 0 Å². The highest BCUT2D eigenvalue weighted by molar-refractivity contribution is 7.97. The predicted molar refractivity (Wildman–Crippen MR) is 45.8 cm³/mol. The molecule has 0 fully saturated rings. The number of hydrogen-bond acceptors (Lipinski definition) is 3. The van der Waals surface area contributed by atoms with Crippen LogP contribution in [0.15, 0.2) is 6.20 Å². The molecule has 0 saturated carbocycles. The molecule has 0 spiro atoms. The van der Waals surface area contributed by atoms with Crippen molar-refractivity contribution >= 4 is 17.5 Å². The van der Waals surface area contributed by atoms with E-state index in [4.69, 9.17) is 0 Å². The molecule has 0 amide bonds. The molecule has 0 radical (unpaired) electrons. The molecule has 1 heterocycles. The van der Waals surface area contributed by atoms with Crippen LogP contribution in [0, 0.1) is 0 Å². The van der Waals surface area contributed by atoms with Gasteiger partial charge in [0.2, 0.25) is 0 Å². The second-order valence-corrected chi connectivity index (χ2v) is 3.10. The van der Waals surface area contributed by atoms with Gasteiger partial charge in [0.05, 0.1) is 11.9 Å². The summed E-state index contributed by atoms with van der Waals surface area (Å²) in [6.07, 6.45) is 3.57. The summed E-state index contributed by atoms with van der Waals surface area (Å²) < 4.78 is 0. The summed E-state index contributed by atoms with van der Waals surface area (Å²) in [6, 6.07) is 0. The number of hydrogen-bond donors (Lipinski definition) is 1. The topological polar surface area (TPSA) is 45.8 Å². The van der Waals surface area contributed by atoms with E-state index in [1.54, 1.807) is 18.0 Å². The lowest BCUT2D eigenvalue weighted by Gasteiger charge is -1.89. The zero-order valence-corrected chi connectivity index (χ0v) is 7.36. The molecule has 0 atom stereocenters. The molecule has 3 nitrogen and oxygen atoms in total. The standard InChI is InChI=1S/C7H10N2OS/c1-5(10)6-3-8-7(9-6)4-11-2/h3H,4H2,1-2H3,(H,8,9). The van der Waals surface area contributed by atoms with E-state index in [1.807, 2.05) is 6.26 Å². The molecule has 11 heavy (non-hydrogen) atoms. The number of imidazole rings is 1. The Kier molecular flexibility index (Phi) is 2.70. The highest BCUT2D eigenvalue weighted by Crippen LogP contribution is 2.05. The van der Waals surface area contributed by atoms with Gasteiger partial charge in [0, 0.05) is 6.92 Å². The number of thioether (sulfide) groups is 1. The van der Waals surface area contributed by atoms with Crippen molar-refractivity contribution in [1.82, 2.24) is 9.97 Å². The second kappa shape index (κ2) is 3.57. The number of ketones is 1. The Labute approximate surface area is 69.6 Å². The van der Waals surface area contributed by atoms with Crippen molar-refractivity contribution in [2.45, 2.75) is 12.7 Å². The van der Waals surface area contributed by atoms with E-state index in [2.05, 4.69) is 9.97 Å². The number of H-pyrrole nitrogens is 1. The van der Waals surface area contributed by atoms with Gasteiger partial charge in [-0.2, -0.15) is 11.8 Å². The van der Waals surface area contributed by atoms with Crippen LogP contribution in [0.25, 0.3) is 0 Å². The molecular formula is C7H10N2OS. The average Bonchev–Trinajstić information content (AvgIpc) is 2.37. The van der Waals surface area contributed by atoms with Crippen LogP contribution in [-0.4, -0.2) is 22.0 Å². The first kappa shape index (κ1) is 8.33. The minimum atomic E-state index is 0.0323. The first-order chi connectivity index (χ1) is 5.24. The molecule has 60 valence electrons. The van der Waals surface area contributed by atoms with Crippen molar-refractivity contribution in [3.63, 3.8) is 0 Å². The Morgan fingerprint density at radius 2 is 2.55 bits per heavy atom. The van der Waals surface area contributed by atoms with Gasteiger partial charge in [0.15, 0.2) is 5.78 Å². The number of nitrogens with zero attached hydrogens (tertiary/aromatic N) is 1. The number of rotatable bonds is 3. The van der Waals surface area contributed by atoms with Crippen molar-refractivity contribution in [2.75, 3.05) is 6.26 Å². The van der Waals surface area contributed by atoms with Gasteiger partial charge in [-0.15, -0.1) is 0 Å². The lowest BCUT2D eigenvalue weighted by molar-refractivity contribution is 0.101. The third-order valence-corrected chi connectivity index (χ3v) is 1.85. The van der Waals surface area contributed by atoms with Gasteiger partial charge in [0.1, 0.15) is 11.5 Å². The predicted octanol–water partition coefficient (Wildman–Crippen LogP) is 1.48. The normalized spacial score (nSPS) is 10.0. The molecule has 0 bridgehead atoms.